The average molecular weight is 381 g/mol. The van der Waals surface area contributed by atoms with Gasteiger partial charge >= 0.3 is 0 Å². The molecule has 1 amide bonds. The van der Waals surface area contributed by atoms with Crippen LogP contribution in [0.1, 0.15) is 57.3 Å². The van der Waals surface area contributed by atoms with E-state index < -0.39 is 10.0 Å². The summed E-state index contributed by atoms with van der Waals surface area (Å²) < 4.78 is 25.8. The van der Waals surface area contributed by atoms with E-state index in [2.05, 4.69) is 27.7 Å². The Labute approximate surface area is 158 Å². The molecule has 5 nitrogen and oxygen atoms in total. The van der Waals surface area contributed by atoms with Crippen molar-refractivity contribution in [3.05, 3.63) is 29.8 Å². The molecule has 0 aromatic heterocycles. The molecule has 0 saturated carbocycles. The number of nitrogens with zero attached hydrogens (tertiary/aromatic N) is 2. The van der Waals surface area contributed by atoms with Crippen LogP contribution in [0, 0.1) is 11.8 Å². The van der Waals surface area contributed by atoms with Crippen molar-refractivity contribution in [1.29, 1.82) is 0 Å². The molecule has 1 aromatic carbocycles. The third kappa shape index (κ3) is 5.47. The molecule has 0 aliphatic carbocycles. The van der Waals surface area contributed by atoms with E-state index in [0.29, 0.717) is 36.1 Å². The summed E-state index contributed by atoms with van der Waals surface area (Å²) in [5, 5.41) is 0. The number of hydrogen-bond donors (Lipinski definition) is 0. The molecule has 1 aliphatic rings. The third-order valence-corrected chi connectivity index (χ3v) is 6.59. The van der Waals surface area contributed by atoms with Crippen molar-refractivity contribution >= 4 is 21.6 Å². The normalized spacial score (nSPS) is 16.5. The second-order valence-electron chi connectivity index (χ2n) is 7.95. The molecule has 1 fully saturated rings. The Morgan fingerprint density at radius 2 is 1.73 bits per heavy atom. The van der Waals surface area contributed by atoms with Gasteiger partial charge in [0.25, 0.3) is 5.91 Å². The predicted octanol–water partition coefficient (Wildman–Crippen LogP) is 3.76. The predicted molar refractivity (Wildman–Crippen MR) is 107 cm³/mol. The van der Waals surface area contributed by atoms with Crippen molar-refractivity contribution < 1.29 is 13.2 Å². The van der Waals surface area contributed by atoms with Gasteiger partial charge in [0.2, 0.25) is 10.0 Å². The fourth-order valence-electron chi connectivity index (χ4n) is 3.05. The second kappa shape index (κ2) is 8.89. The van der Waals surface area contributed by atoms with E-state index in [-0.39, 0.29) is 11.7 Å². The molecule has 0 N–H and O–H groups in total. The Bertz CT molecular complexity index is 702. The summed E-state index contributed by atoms with van der Waals surface area (Å²) in [5.41, 5.74) is 1.16. The van der Waals surface area contributed by atoms with Gasteiger partial charge in [0.15, 0.2) is 0 Å². The summed E-state index contributed by atoms with van der Waals surface area (Å²) in [6.07, 6.45) is 2.56. The monoisotopic (exact) mass is 380 g/mol. The number of anilines is 1. The molecular formula is C20H32N2O3S. The van der Waals surface area contributed by atoms with E-state index in [1.807, 2.05) is 4.90 Å². The van der Waals surface area contributed by atoms with Crippen LogP contribution in [0.4, 0.5) is 5.69 Å². The van der Waals surface area contributed by atoms with Gasteiger partial charge in [-0.1, -0.05) is 33.8 Å². The third-order valence-electron chi connectivity index (χ3n) is 4.72. The van der Waals surface area contributed by atoms with Crippen molar-refractivity contribution in [2.45, 2.75) is 47.0 Å². The molecule has 1 aromatic rings. The second-order valence-corrected chi connectivity index (χ2v) is 9.96. The topological polar surface area (TPSA) is 57.7 Å². The minimum absolute atomic E-state index is 0.00950. The van der Waals surface area contributed by atoms with Gasteiger partial charge in [0, 0.05) is 25.2 Å². The molecular weight excluding hydrogens is 348 g/mol. The van der Waals surface area contributed by atoms with Crippen molar-refractivity contribution in [2.75, 3.05) is 29.7 Å². The zero-order valence-electron chi connectivity index (χ0n) is 16.4. The van der Waals surface area contributed by atoms with Gasteiger partial charge in [0.05, 0.1) is 11.4 Å². The minimum atomic E-state index is -3.24. The van der Waals surface area contributed by atoms with E-state index >= 15 is 0 Å². The highest BCUT2D eigenvalue weighted by Gasteiger charge is 2.29. The highest BCUT2D eigenvalue weighted by Crippen LogP contribution is 2.25. The molecule has 2 rings (SSSR count). The van der Waals surface area contributed by atoms with Crippen LogP contribution < -0.4 is 4.31 Å². The van der Waals surface area contributed by atoms with Crippen LogP contribution in [0.3, 0.4) is 0 Å². The van der Waals surface area contributed by atoms with Crippen LogP contribution in [0.25, 0.3) is 0 Å². The van der Waals surface area contributed by atoms with Gasteiger partial charge in [0.1, 0.15) is 0 Å². The maximum absolute atomic E-state index is 13.1. The fourth-order valence-corrected chi connectivity index (χ4v) is 4.61. The van der Waals surface area contributed by atoms with E-state index in [4.69, 9.17) is 0 Å². The first kappa shape index (κ1) is 20.7. The summed E-state index contributed by atoms with van der Waals surface area (Å²) in [6, 6.07) is 7.06. The van der Waals surface area contributed by atoms with Gasteiger partial charge in [-0.3, -0.25) is 9.10 Å². The first-order valence-electron chi connectivity index (χ1n) is 9.60. The zero-order valence-corrected chi connectivity index (χ0v) is 17.3. The summed E-state index contributed by atoms with van der Waals surface area (Å²) in [7, 11) is -3.24. The molecule has 146 valence electrons. The van der Waals surface area contributed by atoms with Crippen LogP contribution in [0.2, 0.25) is 0 Å². The Kier molecular flexibility index (Phi) is 7.09. The molecule has 0 atom stereocenters. The highest BCUT2D eigenvalue weighted by molar-refractivity contribution is 7.93. The quantitative estimate of drug-likeness (QED) is 0.690. The summed E-state index contributed by atoms with van der Waals surface area (Å²) in [6.45, 7) is 10.6. The molecule has 0 radical (unpaired) electrons. The van der Waals surface area contributed by atoms with Gasteiger partial charge in [-0.2, -0.15) is 0 Å². The Hall–Kier alpha value is -1.56. The number of rotatable bonds is 8. The lowest BCUT2D eigenvalue weighted by Crippen LogP contribution is -2.34. The fraction of sp³-hybridized carbons (Fsp3) is 0.650. The Balaban J connectivity index is 2.20. The molecule has 0 bridgehead atoms. The average Bonchev–Trinajstić information content (AvgIpc) is 2.93. The van der Waals surface area contributed by atoms with Gasteiger partial charge in [-0.25, -0.2) is 8.42 Å². The first-order valence-corrected chi connectivity index (χ1v) is 11.2. The zero-order chi connectivity index (χ0) is 19.3. The molecule has 6 heteroatoms. The van der Waals surface area contributed by atoms with Crippen molar-refractivity contribution in [1.82, 2.24) is 4.90 Å². The van der Waals surface area contributed by atoms with Crippen LogP contribution in [-0.4, -0.2) is 44.6 Å². The molecule has 1 heterocycles. The number of benzene rings is 1. The van der Waals surface area contributed by atoms with Crippen molar-refractivity contribution in [3.63, 3.8) is 0 Å². The largest absolute Gasteiger partial charge is 0.339 e. The SMILES string of the molecule is CC(C)CCN(CCC(C)C)C(=O)c1cccc(N2CCCS2(=O)=O)c1. The molecule has 0 spiro atoms. The van der Waals surface area contributed by atoms with E-state index in [1.165, 1.54) is 4.31 Å². The molecule has 26 heavy (non-hydrogen) atoms. The molecule has 0 unspecified atom stereocenters. The summed E-state index contributed by atoms with van der Waals surface area (Å²) in [4.78, 5) is 15.0. The number of hydrogen-bond acceptors (Lipinski definition) is 3. The van der Waals surface area contributed by atoms with Gasteiger partial charge in [-0.15, -0.1) is 0 Å². The van der Waals surface area contributed by atoms with Gasteiger partial charge < -0.3 is 4.90 Å². The van der Waals surface area contributed by atoms with Crippen molar-refractivity contribution in [2.24, 2.45) is 11.8 Å². The lowest BCUT2D eigenvalue weighted by molar-refractivity contribution is 0.0741. The Morgan fingerprint density at radius 1 is 1.12 bits per heavy atom. The number of amides is 1. The molecule has 1 aliphatic heterocycles. The lowest BCUT2D eigenvalue weighted by Gasteiger charge is -2.25. The van der Waals surface area contributed by atoms with Crippen LogP contribution in [-0.2, 0) is 10.0 Å². The van der Waals surface area contributed by atoms with Crippen molar-refractivity contribution in [3.8, 4) is 0 Å². The Morgan fingerprint density at radius 3 is 2.23 bits per heavy atom. The standard InChI is InChI=1S/C20H32N2O3S/c1-16(2)9-12-21(13-10-17(3)4)20(23)18-7-5-8-19(15-18)22-11-6-14-26(22,24)25/h5,7-8,15-17H,6,9-14H2,1-4H3. The number of carbonyl (C=O) groups is 1. The molecule has 1 saturated heterocycles. The summed E-state index contributed by atoms with van der Waals surface area (Å²) >= 11 is 0. The van der Waals surface area contributed by atoms with Crippen LogP contribution in [0.15, 0.2) is 24.3 Å². The highest BCUT2D eigenvalue weighted by atomic mass is 32.2. The van der Waals surface area contributed by atoms with E-state index in [1.54, 1.807) is 24.3 Å². The van der Waals surface area contributed by atoms with Gasteiger partial charge in [-0.05, 0) is 49.3 Å². The first-order chi connectivity index (χ1) is 12.2. The van der Waals surface area contributed by atoms with Crippen LogP contribution in [0.5, 0.6) is 0 Å². The maximum Gasteiger partial charge on any atom is 0.253 e. The van der Waals surface area contributed by atoms with E-state index in [9.17, 15) is 13.2 Å². The number of carbonyl (C=O) groups excluding carboxylic acids is 1. The minimum Gasteiger partial charge on any atom is -0.339 e. The smallest absolute Gasteiger partial charge is 0.253 e. The number of sulfonamides is 1. The summed E-state index contributed by atoms with van der Waals surface area (Å²) in [5.74, 6) is 1.24. The maximum atomic E-state index is 13.1. The van der Waals surface area contributed by atoms with E-state index in [0.717, 1.165) is 25.9 Å². The van der Waals surface area contributed by atoms with Crippen LogP contribution >= 0.6 is 0 Å². The lowest BCUT2D eigenvalue weighted by atomic mass is 10.1.